The Kier molecular flexibility index (Phi) is 4.00. The Balaban J connectivity index is 1.86. The molecule has 0 saturated carbocycles. The molecule has 2 aromatic carbocycles. The van der Waals surface area contributed by atoms with Crippen LogP contribution >= 0.6 is 23.2 Å². The summed E-state index contributed by atoms with van der Waals surface area (Å²) in [6.07, 6.45) is 0.406. The van der Waals surface area contributed by atoms with Crippen molar-refractivity contribution in [3.63, 3.8) is 0 Å². The third-order valence-corrected chi connectivity index (χ3v) is 5.56. The molecular weight excluding hydrogens is 370 g/mol. The molecular formula is C19H14Cl2F3N. The molecule has 2 aromatic rings. The highest BCUT2D eigenvalue weighted by Gasteiger charge is 2.43. The van der Waals surface area contributed by atoms with E-state index in [1.807, 2.05) is 12.2 Å². The number of hydrogen-bond acceptors (Lipinski definition) is 1. The summed E-state index contributed by atoms with van der Waals surface area (Å²) in [6.45, 7) is 0. The Labute approximate surface area is 153 Å². The smallest absolute Gasteiger partial charge is 0.377 e. The van der Waals surface area contributed by atoms with Crippen LogP contribution in [0.3, 0.4) is 0 Å². The van der Waals surface area contributed by atoms with E-state index in [1.54, 1.807) is 24.3 Å². The van der Waals surface area contributed by atoms with Gasteiger partial charge in [-0.05, 0) is 41.7 Å². The summed E-state index contributed by atoms with van der Waals surface area (Å²) in [5.74, 6) is 0.0601. The predicted molar refractivity (Wildman–Crippen MR) is 94.3 cm³/mol. The Morgan fingerprint density at radius 1 is 1.04 bits per heavy atom. The SMILES string of the molecule is FC(F)(F)c1cccc2c1N[C@H](c1ccc(Cl)cc1Cl)[C@H]1CC=C[C@@H]21. The van der Waals surface area contributed by atoms with Crippen LogP contribution in [0.25, 0.3) is 0 Å². The summed E-state index contributed by atoms with van der Waals surface area (Å²) in [7, 11) is 0. The molecule has 0 unspecified atom stereocenters. The summed E-state index contributed by atoms with van der Waals surface area (Å²) in [4.78, 5) is 0. The lowest BCUT2D eigenvalue weighted by atomic mass is 9.76. The number of para-hydroxylation sites is 1. The number of benzene rings is 2. The molecule has 130 valence electrons. The molecule has 1 aliphatic heterocycles. The van der Waals surface area contributed by atoms with Gasteiger partial charge in [0.15, 0.2) is 0 Å². The monoisotopic (exact) mass is 383 g/mol. The highest BCUT2D eigenvalue weighted by Crippen LogP contribution is 2.53. The third kappa shape index (κ3) is 2.81. The largest absolute Gasteiger partial charge is 0.418 e. The molecule has 0 bridgehead atoms. The van der Waals surface area contributed by atoms with E-state index in [2.05, 4.69) is 5.32 Å². The molecule has 0 aromatic heterocycles. The minimum absolute atomic E-state index is 0.0599. The summed E-state index contributed by atoms with van der Waals surface area (Å²) in [5.41, 5.74) is 0.972. The van der Waals surface area contributed by atoms with Crippen LogP contribution in [0.2, 0.25) is 10.0 Å². The standard InChI is InChI=1S/C19H14Cl2F3N/c20-10-7-8-14(16(21)9-10)17-12-4-1-3-11(12)13-5-2-6-15(18(13)25-17)19(22,23)24/h1-3,5-9,11-12,17,25H,4H2/t11-,12+,17+/m1/s1. The Morgan fingerprint density at radius 2 is 1.84 bits per heavy atom. The normalized spacial score (nSPS) is 24.6. The van der Waals surface area contributed by atoms with Gasteiger partial charge in [0.1, 0.15) is 0 Å². The van der Waals surface area contributed by atoms with Crippen LogP contribution in [0.4, 0.5) is 18.9 Å². The molecule has 1 aliphatic carbocycles. The van der Waals surface area contributed by atoms with Crippen molar-refractivity contribution < 1.29 is 13.2 Å². The topological polar surface area (TPSA) is 12.0 Å². The molecule has 1 heterocycles. The zero-order valence-electron chi connectivity index (χ0n) is 12.9. The minimum atomic E-state index is -4.41. The van der Waals surface area contributed by atoms with Gasteiger partial charge < -0.3 is 5.32 Å². The molecule has 0 saturated heterocycles. The number of nitrogens with one attached hydrogen (secondary N) is 1. The van der Waals surface area contributed by atoms with E-state index in [-0.39, 0.29) is 23.6 Å². The first-order valence-electron chi connectivity index (χ1n) is 7.94. The zero-order valence-corrected chi connectivity index (χ0v) is 14.5. The molecule has 4 rings (SSSR count). The van der Waals surface area contributed by atoms with Crippen LogP contribution in [0.5, 0.6) is 0 Å². The van der Waals surface area contributed by atoms with Crippen molar-refractivity contribution in [1.82, 2.24) is 0 Å². The molecule has 0 spiro atoms. The van der Waals surface area contributed by atoms with Crippen LogP contribution < -0.4 is 5.32 Å². The molecule has 0 fully saturated rings. The van der Waals surface area contributed by atoms with Gasteiger partial charge in [-0.15, -0.1) is 0 Å². The average Bonchev–Trinajstić information content (AvgIpc) is 3.03. The van der Waals surface area contributed by atoms with Crippen molar-refractivity contribution in [1.29, 1.82) is 0 Å². The minimum Gasteiger partial charge on any atom is -0.377 e. The fourth-order valence-corrected chi connectivity index (χ4v) is 4.45. The van der Waals surface area contributed by atoms with Gasteiger partial charge in [0, 0.05) is 16.0 Å². The van der Waals surface area contributed by atoms with Gasteiger partial charge in [0.25, 0.3) is 0 Å². The molecule has 0 amide bonds. The second-order valence-electron chi connectivity index (χ2n) is 6.41. The number of anilines is 1. The number of halogens is 5. The van der Waals surface area contributed by atoms with E-state index >= 15 is 0 Å². The van der Waals surface area contributed by atoms with Gasteiger partial charge >= 0.3 is 6.18 Å². The van der Waals surface area contributed by atoms with Gasteiger partial charge in [-0.2, -0.15) is 13.2 Å². The second kappa shape index (κ2) is 5.96. The summed E-state index contributed by atoms with van der Waals surface area (Å²) >= 11 is 12.3. The lowest BCUT2D eigenvalue weighted by Crippen LogP contribution is -2.31. The number of rotatable bonds is 1. The maximum Gasteiger partial charge on any atom is 0.418 e. The lowest BCUT2D eigenvalue weighted by Gasteiger charge is -2.39. The van der Waals surface area contributed by atoms with E-state index < -0.39 is 11.7 Å². The first-order valence-corrected chi connectivity index (χ1v) is 8.70. The molecule has 25 heavy (non-hydrogen) atoms. The Morgan fingerprint density at radius 3 is 2.56 bits per heavy atom. The summed E-state index contributed by atoms with van der Waals surface area (Å²) in [5, 5.41) is 4.10. The van der Waals surface area contributed by atoms with Crippen molar-refractivity contribution in [3.05, 3.63) is 75.3 Å². The van der Waals surface area contributed by atoms with Crippen molar-refractivity contribution >= 4 is 28.9 Å². The fraction of sp³-hybridized carbons (Fsp3) is 0.263. The third-order valence-electron chi connectivity index (χ3n) is 5.00. The van der Waals surface area contributed by atoms with Gasteiger partial charge in [-0.1, -0.05) is 53.6 Å². The zero-order chi connectivity index (χ0) is 17.8. The van der Waals surface area contributed by atoms with Gasteiger partial charge in [-0.25, -0.2) is 0 Å². The van der Waals surface area contributed by atoms with E-state index in [4.69, 9.17) is 23.2 Å². The van der Waals surface area contributed by atoms with E-state index in [0.29, 0.717) is 15.6 Å². The molecule has 1 nitrogen and oxygen atoms in total. The van der Waals surface area contributed by atoms with E-state index in [0.717, 1.165) is 18.1 Å². The van der Waals surface area contributed by atoms with Crippen LogP contribution in [0.15, 0.2) is 48.6 Å². The van der Waals surface area contributed by atoms with Crippen molar-refractivity contribution in [2.75, 3.05) is 5.32 Å². The van der Waals surface area contributed by atoms with E-state index in [1.165, 1.54) is 6.07 Å². The molecule has 2 aliphatic rings. The van der Waals surface area contributed by atoms with Crippen LogP contribution in [-0.4, -0.2) is 0 Å². The first-order chi connectivity index (χ1) is 11.9. The number of alkyl halides is 3. The number of allylic oxidation sites excluding steroid dienone is 2. The van der Waals surface area contributed by atoms with Crippen LogP contribution in [0.1, 0.15) is 35.1 Å². The molecule has 6 heteroatoms. The highest BCUT2D eigenvalue weighted by atomic mass is 35.5. The highest BCUT2D eigenvalue weighted by molar-refractivity contribution is 6.35. The summed E-state index contributed by atoms with van der Waals surface area (Å²) < 4.78 is 40.4. The maximum atomic E-state index is 13.5. The number of hydrogen-bond donors (Lipinski definition) is 1. The number of fused-ring (bicyclic) bond motifs is 3. The Bertz CT molecular complexity index is 860. The second-order valence-corrected chi connectivity index (χ2v) is 7.25. The molecule has 1 N–H and O–H groups in total. The van der Waals surface area contributed by atoms with Gasteiger partial charge in [0.2, 0.25) is 0 Å². The van der Waals surface area contributed by atoms with Crippen molar-refractivity contribution in [2.45, 2.75) is 24.6 Å². The fourth-order valence-electron chi connectivity index (χ4n) is 3.92. The van der Waals surface area contributed by atoms with Crippen molar-refractivity contribution in [3.8, 4) is 0 Å². The van der Waals surface area contributed by atoms with E-state index in [9.17, 15) is 13.2 Å². The quantitative estimate of drug-likeness (QED) is 0.531. The molecule has 0 radical (unpaired) electrons. The first kappa shape index (κ1) is 16.8. The lowest BCUT2D eigenvalue weighted by molar-refractivity contribution is -0.137. The maximum absolute atomic E-state index is 13.5. The molecule has 3 atom stereocenters. The predicted octanol–water partition coefficient (Wildman–Crippen LogP) is 6.84. The summed E-state index contributed by atoms with van der Waals surface area (Å²) in [6, 6.07) is 9.19. The van der Waals surface area contributed by atoms with Gasteiger partial charge in [-0.3, -0.25) is 0 Å². The van der Waals surface area contributed by atoms with Crippen LogP contribution in [0, 0.1) is 5.92 Å². The van der Waals surface area contributed by atoms with Crippen molar-refractivity contribution in [2.24, 2.45) is 5.92 Å². The van der Waals surface area contributed by atoms with Crippen LogP contribution in [-0.2, 0) is 6.18 Å². The van der Waals surface area contributed by atoms with Gasteiger partial charge in [0.05, 0.1) is 17.3 Å². The average molecular weight is 384 g/mol. The Hall–Kier alpha value is -1.65.